The molecule has 1 rings (SSSR count). The Morgan fingerprint density at radius 3 is 2.61 bits per heavy atom. The van der Waals surface area contributed by atoms with Crippen LogP contribution in [0.4, 0.5) is 0 Å². The summed E-state index contributed by atoms with van der Waals surface area (Å²) in [6, 6.07) is 0.461. The van der Waals surface area contributed by atoms with E-state index in [-0.39, 0.29) is 5.91 Å². The van der Waals surface area contributed by atoms with Crippen LogP contribution in [0.1, 0.15) is 72.6 Å². The molecule has 0 aromatic carbocycles. The molecule has 0 heterocycles. The van der Waals surface area contributed by atoms with Gasteiger partial charge in [0, 0.05) is 12.5 Å². The predicted octanol–water partition coefficient (Wildman–Crippen LogP) is 4.14. The van der Waals surface area contributed by atoms with E-state index in [1.54, 1.807) is 0 Å². The zero-order valence-corrected chi connectivity index (χ0v) is 12.7. The molecular formula is C16H31NO. The lowest BCUT2D eigenvalue weighted by molar-refractivity contribution is -0.123. The second-order valence-corrected chi connectivity index (χ2v) is 6.43. The minimum Gasteiger partial charge on any atom is -0.353 e. The predicted molar refractivity (Wildman–Crippen MR) is 77.4 cm³/mol. The number of hydrogen-bond acceptors (Lipinski definition) is 1. The molecule has 18 heavy (non-hydrogen) atoms. The maximum absolute atomic E-state index is 12.0. The molecule has 0 aromatic rings. The third kappa shape index (κ3) is 4.99. The van der Waals surface area contributed by atoms with Gasteiger partial charge in [-0.1, -0.05) is 47.0 Å². The van der Waals surface area contributed by atoms with Crippen LogP contribution in [-0.2, 0) is 4.79 Å². The topological polar surface area (TPSA) is 29.1 Å². The molecule has 1 aliphatic rings. The highest BCUT2D eigenvalue weighted by atomic mass is 16.1. The van der Waals surface area contributed by atoms with Gasteiger partial charge in [0.15, 0.2) is 0 Å². The molecule has 3 unspecified atom stereocenters. The van der Waals surface area contributed by atoms with Crippen LogP contribution in [0.15, 0.2) is 0 Å². The van der Waals surface area contributed by atoms with E-state index in [4.69, 9.17) is 0 Å². The maximum atomic E-state index is 12.0. The zero-order chi connectivity index (χ0) is 13.5. The van der Waals surface area contributed by atoms with Gasteiger partial charge in [-0.15, -0.1) is 0 Å². The van der Waals surface area contributed by atoms with Crippen molar-refractivity contribution in [2.24, 2.45) is 17.8 Å². The monoisotopic (exact) mass is 253 g/mol. The summed E-state index contributed by atoms with van der Waals surface area (Å²) in [5.41, 5.74) is 0. The molecule has 106 valence electrons. The molecule has 1 saturated carbocycles. The smallest absolute Gasteiger partial charge is 0.220 e. The van der Waals surface area contributed by atoms with Gasteiger partial charge >= 0.3 is 0 Å². The highest BCUT2D eigenvalue weighted by molar-refractivity contribution is 5.76. The summed E-state index contributed by atoms with van der Waals surface area (Å²) in [7, 11) is 0. The van der Waals surface area contributed by atoms with Crippen LogP contribution in [0, 0.1) is 17.8 Å². The summed E-state index contributed by atoms with van der Waals surface area (Å²) in [6.07, 6.45) is 8.34. The van der Waals surface area contributed by atoms with Gasteiger partial charge in [-0.25, -0.2) is 0 Å². The molecule has 0 aromatic heterocycles. The highest BCUT2D eigenvalue weighted by Crippen LogP contribution is 2.30. The molecule has 2 heteroatoms. The molecule has 0 saturated heterocycles. The highest BCUT2D eigenvalue weighted by Gasteiger charge is 2.28. The summed E-state index contributed by atoms with van der Waals surface area (Å²) in [4.78, 5) is 12.0. The maximum Gasteiger partial charge on any atom is 0.220 e. The van der Waals surface area contributed by atoms with E-state index in [1.807, 2.05) is 0 Å². The SMILES string of the molecule is CCCCC1CCCC1NC(=O)CC(C)C(C)C. The molecule has 1 fully saturated rings. The van der Waals surface area contributed by atoms with Crippen LogP contribution in [-0.4, -0.2) is 11.9 Å². The first-order chi connectivity index (χ1) is 8.54. The van der Waals surface area contributed by atoms with Crippen LogP contribution in [0.25, 0.3) is 0 Å². The van der Waals surface area contributed by atoms with E-state index in [0.717, 1.165) is 5.92 Å². The van der Waals surface area contributed by atoms with Crippen molar-refractivity contribution in [2.45, 2.75) is 78.7 Å². The van der Waals surface area contributed by atoms with E-state index in [1.165, 1.54) is 38.5 Å². The van der Waals surface area contributed by atoms with Crippen molar-refractivity contribution in [2.75, 3.05) is 0 Å². The Bertz CT molecular complexity index is 249. The average Bonchev–Trinajstić information content (AvgIpc) is 2.73. The van der Waals surface area contributed by atoms with Crippen LogP contribution in [0.2, 0.25) is 0 Å². The Hall–Kier alpha value is -0.530. The van der Waals surface area contributed by atoms with Crippen molar-refractivity contribution in [1.82, 2.24) is 5.32 Å². The van der Waals surface area contributed by atoms with Gasteiger partial charge in [-0.3, -0.25) is 4.79 Å². The fourth-order valence-electron chi connectivity index (χ4n) is 2.83. The lowest BCUT2D eigenvalue weighted by atomic mass is 9.93. The van der Waals surface area contributed by atoms with Crippen molar-refractivity contribution < 1.29 is 4.79 Å². The molecule has 1 amide bonds. The minimum absolute atomic E-state index is 0.268. The van der Waals surface area contributed by atoms with Gasteiger partial charge < -0.3 is 5.32 Å². The fraction of sp³-hybridized carbons (Fsp3) is 0.938. The summed E-state index contributed by atoms with van der Waals surface area (Å²) in [5, 5.41) is 3.28. The van der Waals surface area contributed by atoms with Crippen molar-refractivity contribution in [1.29, 1.82) is 0 Å². The third-order valence-electron chi connectivity index (χ3n) is 4.58. The standard InChI is InChI=1S/C16H31NO/c1-5-6-8-14-9-7-10-15(14)17-16(18)11-13(4)12(2)3/h12-15H,5-11H2,1-4H3,(H,17,18). The molecular weight excluding hydrogens is 222 g/mol. The summed E-state index contributed by atoms with van der Waals surface area (Å²) >= 11 is 0. The van der Waals surface area contributed by atoms with Crippen molar-refractivity contribution in [3.63, 3.8) is 0 Å². The largest absolute Gasteiger partial charge is 0.353 e. The number of carbonyl (C=O) groups excluding carboxylic acids is 1. The molecule has 0 bridgehead atoms. The molecule has 1 aliphatic carbocycles. The Kier molecular flexibility index (Phi) is 6.73. The fourth-order valence-corrected chi connectivity index (χ4v) is 2.83. The molecule has 1 N–H and O–H groups in total. The van der Waals surface area contributed by atoms with E-state index < -0.39 is 0 Å². The van der Waals surface area contributed by atoms with Gasteiger partial charge in [0.1, 0.15) is 0 Å². The number of hydrogen-bond donors (Lipinski definition) is 1. The summed E-state index contributed by atoms with van der Waals surface area (Å²) < 4.78 is 0. The normalized spacial score (nSPS) is 25.4. The number of carbonyl (C=O) groups is 1. The van der Waals surface area contributed by atoms with Gasteiger partial charge in [0.05, 0.1) is 0 Å². The van der Waals surface area contributed by atoms with Crippen LogP contribution in [0.5, 0.6) is 0 Å². The van der Waals surface area contributed by atoms with E-state index in [9.17, 15) is 4.79 Å². The molecule has 0 aliphatic heterocycles. The van der Waals surface area contributed by atoms with E-state index >= 15 is 0 Å². The van der Waals surface area contributed by atoms with E-state index in [0.29, 0.717) is 24.3 Å². The molecule has 2 nitrogen and oxygen atoms in total. The second kappa shape index (κ2) is 7.81. The van der Waals surface area contributed by atoms with Crippen LogP contribution in [0.3, 0.4) is 0 Å². The number of amides is 1. The number of nitrogens with one attached hydrogen (secondary N) is 1. The van der Waals surface area contributed by atoms with Gasteiger partial charge in [0.25, 0.3) is 0 Å². The summed E-state index contributed by atoms with van der Waals surface area (Å²) in [5.74, 6) is 2.09. The Labute approximate surface area is 113 Å². The van der Waals surface area contributed by atoms with Crippen LogP contribution >= 0.6 is 0 Å². The Balaban J connectivity index is 2.33. The molecule has 0 radical (unpaired) electrons. The first-order valence-corrected chi connectivity index (χ1v) is 7.84. The first kappa shape index (κ1) is 15.5. The molecule has 0 spiro atoms. The number of rotatable bonds is 7. The Morgan fingerprint density at radius 1 is 1.28 bits per heavy atom. The zero-order valence-electron chi connectivity index (χ0n) is 12.7. The van der Waals surface area contributed by atoms with Crippen molar-refractivity contribution in [3.05, 3.63) is 0 Å². The average molecular weight is 253 g/mol. The summed E-state index contributed by atoms with van der Waals surface area (Å²) in [6.45, 7) is 8.80. The van der Waals surface area contributed by atoms with Crippen LogP contribution < -0.4 is 5.32 Å². The lowest BCUT2D eigenvalue weighted by Gasteiger charge is -2.22. The van der Waals surface area contributed by atoms with Gasteiger partial charge in [-0.05, 0) is 37.0 Å². The first-order valence-electron chi connectivity index (χ1n) is 7.84. The van der Waals surface area contributed by atoms with Crippen molar-refractivity contribution >= 4 is 5.91 Å². The van der Waals surface area contributed by atoms with Crippen molar-refractivity contribution in [3.8, 4) is 0 Å². The minimum atomic E-state index is 0.268. The molecule has 3 atom stereocenters. The second-order valence-electron chi connectivity index (χ2n) is 6.43. The third-order valence-corrected chi connectivity index (χ3v) is 4.58. The van der Waals surface area contributed by atoms with E-state index in [2.05, 4.69) is 33.0 Å². The van der Waals surface area contributed by atoms with Gasteiger partial charge in [-0.2, -0.15) is 0 Å². The van der Waals surface area contributed by atoms with Gasteiger partial charge in [0.2, 0.25) is 5.91 Å². The Morgan fingerprint density at radius 2 is 2.00 bits per heavy atom. The number of unbranched alkanes of at least 4 members (excludes halogenated alkanes) is 1. The lowest BCUT2D eigenvalue weighted by Crippen LogP contribution is -2.38. The quantitative estimate of drug-likeness (QED) is 0.726.